The highest BCUT2D eigenvalue weighted by atomic mass is 32.2. The number of ether oxygens (including phenoxy) is 2. The first-order valence-corrected chi connectivity index (χ1v) is 10.0. The smallest absolute Gasteiger partial charge is 0.240 e. The average molecular weight is 426 g/mol. The summed E-state index contributed by atoms with van der Waals surface area (Å²) in [4.78, 5) is 24.4. The minimum absolute atomic E-state index is 0.0444. The molecule has 1 saturated heterocycles. The zero-order valence-electron chi connectivity index (χ0n) is 16.8. The summed E-state index contributed by atoms with van der Waals surface area (Å²) < 4.78 is 10.4. The van der Waals surface area contributed by atoms with Gasteiger partial charge in [0.15, 0.2) is 16.7 Å². The lowest BCUT2D eigenvalue weighted by atomic mass is 10.2. The Bertz CT molecular complexity index is 989. The molecule has 1 aliphatic heterocycles. The third-order valence-electron chi connectivity index (χ3n) is 4.25. The minimum atomic E-state index is -0.550. The molecule has 0 radical (unpaired) electrons. The summed E-state index contributed by atoms with van der Waals surface area (Å²) in [6.45, 7) is 1.97. The topological polar surface area (TPSA) is 101 Å². The van der Waals surface area contributed by atoms with Gasteiger partial charge in [-0.2, -0.15) is 5.10 Å². The zero-order chi connectivity index (χ0) is 21.5. The predicted molar refractivity (Wildman–Crippen MR) is 119 cm³/mol. The highest BCUT2D eigenvalue weighted by Gasteiger charge is 2.32. The van der Waals surface area contributed by atoms with E-state index in [0.29, 0.717) is 22.4 Å². The van der Waals surface area contributed by atoms with E-state index in [4.69, 9.17) is 9.47 Å². The van der Waals surface area contributed by atoms with Crippen LogP contribution in [0.3, 0.4) is 0 Å². The summed E-state index contributed by atoms with van der Waals surface area (Å²) in [5, 5.41) is 13.3. The van der Waals surface area contributed by atoms with E-state index in [1.54, 1.807) is 32.6 Å². The van der Waals surface area contributed by atoms with Gasteiger partial charge >= 0.3 is 0 Å². The second-order valence-corrected chi connectivity index (χ2v) is 7.67. The fraction of sp³-hybridized carbons (Fsp3) is 0.238. The molecule has 3 rings (SSSR count). The fourth-order valence-corrected chi connectivity index (χ4v) is 3.61. The summed E-state index contributed by atoms with van der Waals surface area (Å²) in [7, 11) is 3.12. The monoisotopic (exact) mass is 426 g/mol. The molecule has 1 aliphatic rings. The highest BCUT2D eigenvalue weighted by Crippen LogP contribution is 2.27. The van der Waals surface area contributed by atoms with Gasteiger partial charge in [0.25, 0.3) is 0 Å². The van der Waals surface area contributed by atoms with Crippen molar-refractivity contribution in [3.05, 3.63) is 53.6 Å². The lowest BCUT2D eigenvalue weighted by Crippen LogP contribution is -2.28. The van der Waals surface area contributed by atoms with Crippen LogP contribution in [0.4, 0.5) is 5.69 Å². The highest BCUT2D eigenvalue weighted by molar-refractivity contribution is 8.15. The number of thioether (sulfide) groups is 1. The molecule has 2 N–H and O–H groups in total. The second kappa shape index (κ2) is 9.93. The SMILES string of the molecule is COc1ccc(C=NN=C2NC(=O)C(CC(=O)Nc3ccc(C)cc3)S2)cc1OC. The summed E-state index contributed by atoms with van der Waals surface area (Å²) in [5.41, 5.74) is 2.57. The van der Waals surface area contributed by atoms with Crippen molar-refractivity contribution in [3.8, 4) is 11.5 Å². The molecule has 0 spiro atoms. The lowest BCUT2D eigenvalue weighted by molar-refractivity contribution is -0.122. The first-order chi connectivity index (χ1) is 14.5. The second-order valence-electron chi connectivity index (χ2n) is 6.48. The summed E-state index contributed by atoms with van der Waals surface area (Å²) in [6, 6.07) is 12.8. The molecule has 9 heteroatoms. The Labute approximate surface area is 178 Å². The molecule has 0 aliphatic carbocycles. The van der Waals surface area contributed by atoms with Crippen LogP contribution >= 0.6 is 11.8 Å². The molecule has 2 aromatic rings. The van der Waals surface area contributed by atoms with Crippen molar-refractivity contribution in [2.24, 2.45) is 10.2 Å². The lowest BCUT2D eigenvalue weighted by Gasteiger charge is -2.07. The fourth-order valence-electron chi connectivity index (χ4n) is 2.68. The molecule has 30 heavy (non-hydrogen) atoms. The molecule has 1 fully saturated rings. The third-order valence-corrected chi connectivity index (χ3v) is 5.32. The number of nitrogens with zero attached hydrogens (tertiary/aromatic N) is 2. The number of amides is 2. The van der Waals surface area contributed by atoms with Gasteiger partial charge in [-0.15, -0.1) is 5.10 Å². The summed E-state index contributed by atoms with van der Waals surface area (Å²) in [5.74, 6) is 0.698. The van der Waals surface area contributed by atoms with E-state index in [-0.39, 0.29) is 18.2 Å². The van der Waals surface area contributed by atoms with Crippen molar-refractivity contribution in [3.63, 3.8) is 0 Å². The van der Waals surface area contributed by atoms with E-state index in [2.05, 4.69) is 20.8 Å². The van der Waals surface area contributed by atoms with Crippen LogP contribution in [0, 0.1) is 6.92 Å². The van der Waals surface area contributed by atoms with E-state index < -0.39 is 5.25 Å². The van der Waals surface area contributed by atoms with Gasteiger partial charge in [0.05, 0.1) is 20.4 Å². The number of methoxy groups -OCH3 is 2. The number of nitrogens with one attached hydrogen (secondary N) is 2. The van der Waals surface area contributed by atoms with Crippen LogP contribution in [-0.4, -0.2) is 42.7 Å². The van der Waals surface area contributed by atoms with Crippen molar-refractivity contribution in [2.75, 3.05) is 19.5 Å². The van der Waals surface area contributed by atoms with Gasteiger partial charge in [0.2, 0.25) is 11.8 Å². The molecular formula is C21H22N4O4S. The standard InChI is InChI=1S/C21H22N4O4S/c1-13-4-7-15(8-5-13)23-19(26)11-18-20(27)24-21(30-18)25-22-12-14-6-9-16(28-2)17(10-14)29-3/h4-10,12,18H,11H2,1-3H3,(H,23,26)(H,24,25,27). The van der Waals surface area contributed by atoms with Crippen molar-refractivity contribution in [1.82, 2.24) is 5.32 Å². The molecule has 2 amide bonds. The number of amidine groups is 1. The van der Waals surface area contributed by atoms with Gasteiger partial charge in [-0.05, 0) is 42.8 Å². The van der Waals surface area contributed by atoms with Gasteiger partial charge in [0.1, 0.15) is 5.25 Å². The van der Waals surface area contributed by atoms with Crippen LogP contribution < -0.4 is 20.1 Å². The summed E-state index contributed by atoms with van der Waals surface area (Å²) in [6.07, 6.45) is 1.59. The Morgan fingerprint density at radius 3 is 2.60 bits per heavy atom. The van der Waals surface area contributed by atoms with Gasteiger partial charge in [-0.1, -0.05) is 29.5 Å². The predicted octanol–water partition coefficient (Wildman–Crippen LogP) is 2.96. The average Bonchev–Trinajstić information content (AvgIpc) is 3.08. The molecule has 2 aromatic carbocycles. The van der Waals surface area contributed by atoms with E-state index in [0.717, 1.165) is 11.1 Å². The number of aryl methyl sites for hydroxylation is 1. The van der Waals surface area contributed by atoms with Crippen LogP contribution in [0.2, 0.25) is 0 Å². The Kier molecular flexibility index (Phi) is 7.08. The Morgan fingerprint density at radius 2 is 1.90 bits per heavy atom. The number of rotatable bonds is 7. The minimum Gasteiger partial charge on any atom is -0.493 e. The van der Waals surface area contributed by atoms with Gasteiger partial charge < -0.3 is 20.1 Å². The Hall–Kier alpha value is -3.33. The van der Waals surface area contributed by atoms with E-state index in [1.165, 1.54) is 11.8 Å². The summed E-state index contributed by atoms with van der Waals surface area (Å²) >= 11 is 1.18. The normalized spacial score (nSPS) is 17.2. The molecule has 156 valence electrons. The zero-order valence-corrected chi connectivity index (χ0v) is 17.7. The van der Waals surface area contributed by atoms with Gasteiger partial charge in [0, 0.05) is 12.1 Å². The van der Waals surface area contributed by atoms with Crippen LogP contribution in [0.1, 0.15) is 17.5 Å². The molecule has 0 bridgehead atoms. The number of benzene rings is 2. The molecule has 8 nitrogen and oxygen atoms in total. The first kappa shape index (κ1) is 21.4. The maximum absolute atomic E-state index is 12.2. The molecule has 0 saturated carbocycles. The number of anilines is 1. The number of hydrogen-bond acceptors (Lipinski definition) is 7. The van der Waals surface area contributed by atoms with Gasteiger partial charge in [-0.3, -0.25) is 9.59 Å². The Morgan fingerprint density at radius 1 is 1.17 bits per heavy atom. The third kappa shape index (κ3) is 5.60. The maximum atomic E-state index is 12.2. The van der Waals surface area contributed by atoms with E-state index in [1.807, 2.05) is 37.3 Å². The van der Waals surface area contributed by atoms with Crippen LogP contribution in [0.15, 0.2) is 52.7 Å². The molecule has 1 atom stereocenters. The quantitative estimate of drug-likeness (QED) is 0.524. The Balaban J connectivity index is 1.57. The maximum Gasteiger partial charge on any atom is 0.240 e. The van der Waals surface area contributed by atoms with Crippen LogP contribution in [0.5, 0.6) is 11.5 Å². The van der Waals surface area contributed by atoms with Crippen molar-refractivity contribution >= 4 is 40.6 Å². The molecule has 1 heterocycles. The van der Waals surface area contributed by atoms with E-state index >= 15 is 0 Å². The van der Waals surface area contributed by atoms with Crippen molar-refractivity contribution in [2.45, 2.75) is 18.6 Å². The van der Waals surface area contributed by atoms with Crippen LogP contribution in [-0.2, 0) is 9.59 Å². The number of hydrogen-bond donors (Lipinski definition) is 2. The van der Waals surface area contributed by atoms with E-state index in [9.17, 15) is 9.59 Å². The largest absolute Gasteiger partial charge is 0.493 e. The number of carbonyl (C=O) groups is 2. The molecule has 1 unspecified atom stereocenters. The first-order valence-electron chi connectivity index (χ1n) is 9.15. The molecular weight excluding hydrogens is 404 g/mol. The molecule has 0 aromatic heterocycles. The van der Waals surface area contributed by atoms with Gasteiger partial charge in [-0.25, -0.2) is 0 Å². The van der Waals surface area contributed by atoms with Crippen molar-refractivity contribution < 1.29 is 19.1 Å². The number of carbonyl (C=O) groups excluding carboxylic acids is 2. The van der Waals surface area contributed by atoms with Crippen molar-refractivity contribution in [1.29, 1.82) is 0 Å². The van der Waals surface area contributed by atoms with Crippen LogP contribution in [0.25, 0.3) is 0 Å².